The van der Waals surface area contributed by atoms with E-state index in [4.69, 9.17) is 5.73 Å². The molecule has 0 aromatic heterocycles. The number of nitrogens with two attached hydrogens (primary N) is 1. The second-order valence-electron chi connectivity index (χ2n) is 2.75. The number of rotatable bonds is 3. The predicted octanol–water partition coefficient (Wildman–Crippen LogP) is 1.56. The second kappa shape index (κ2) is 4.18. The van der Waals surface area contributed by atoms with Crippen molar-refractivity contribution in [1.82, 2.24) is 0 Å². The van der Waals surface area contributed by atoms with Gasteiger partial charge in [-0.05, 0) is 31.5 Å². The van der Waals surface area contributed by atoms with Crippen molar-refractivity contribution in [3.8, 4) is 5.75 Å². The van der Waals surface area contributed by atoms with E-state index in [0.29, 0.717) is 13.0 Å². The van der Waals surface area contributed by atoms with Crippen molar-refractivity contribution < 1.29 is 13.9 Å². The van der Waals surface area contributed by atoms with E-state index in [2.05, 4.69) is 0 Å². The van der Waals surface area contributed by atoms with Gasteiger partial charge in [-0.15, -0.1) is 0 Å². The van der Waals surface area contributed by atoms with Crippen LogP contribution in [0.3, 0.4) is 0 Å². The summed E-state index contributed by atoms with van der Waals surface area (Å²) in [5.41, 5.74) is 5.22. The zero-order chi connectivity index (χ0) is 9.84. The van der Waals surface area contributed by atoms with E-state index in [0.717, 1.165) is 12.1 Å². The largest absolute Gasteiger partial charge is 0.508 e. The molecule has 0 aliphatic heterocycles. The molecule has 1 rings (SSSR count). The van der Waals surface area contributed by atoms with Gasteiger partial charge in [0.1, 0.15) is 5.75 Å². The van der Waals surface area contributed by atoms with Gasteiger partial charge in [-0.3, -0.25) is 0 Å². The minimum atomic E-state index is -0.978. The van der Waals surface area contributed by atoms with Crippen molar-refractivity contribution in [2.75, 3.05) is 6.54 Å². The van der Waals surface area contributed by atoms with E-state index < -0.39 is 11.6 Å². The van der Waals surface area contributed by atoms with Crippen LogP contribution < -0.4 is 5.73 Å². The summed E-state index contributed by atoms with van der Waals surface area (Å²) in [6.07, 6.45) is 0.778. The molecular formula is C9H11F2NO. The second-order valence-corrected chi connectivity index (χ2v) is 2.75. The summed E-state index contributed by atoms with van der Waals surface area (Å²) in [7, 11) is 0. The van der Waals surface area contributed by atoms with Gasteiger partial charge in [0, 0.05) is 5.56 Å². The molecule has 3 N–H and O–H groups in total. The quantitative estimate of drug-likeness (QED) is 0.754. The van der Waals surface area contributed by atoms with Crippen molar-refractivity contribution in [2.24, 2.45) is 5.73 Å². The van der Waals surface area contributed by atoms with Crippen LogP contribution in [0.2, 0.25) is 0 Å². The number of phenols is 1. The Morgan fingerprint density at radius 1 is 1.31 bits per heavy atom. The Morgan fingerprint density at radius 3 is 2.62 bits per heavy atom. The molecule has 0 amide bonds. The Hall–Kier alpha value is -1.16. The summed E-state index contributed by atoms with van der Waals surface area (Å²) in [6.45, 7) is 0.384. The number of hydrogen-bond acceptors (Lipinski definition) is 2. The van der Waals surface area contributed by atoms with Gasteiger partial charge in [-0.2, -0.15) is 0 Å². The highest BCUT2D eigenvalue weighted by Crippen LogP contribution is 2.23. The summed E-state index contributed by atoms with van der Waals surface area (Å²) < 4.78 is 25.7. The molecule has 0 aliphatic rings. The number of halogens is 2. The zero-order valence-electron chi connectivity index (χ0n) is 7.06. The first-order valence-electron chi connectivity index (χ1n) is 4.02. The Morgan fingerprint density at radius 2 is 2.00 bits per heavy atom. The summed E-state index contributed by atoms with van der Waals surface area (Å²) >= 11 is 0. The third kappa shape index (κ3) is 2.15. The normalized spacial score (nSPS) is 10.4. The lowest BCUT2D eigenvalue weighted by Crippen LogP contribution is -2.02. The molecule has 0 fully saturated rings. The molecule has 1 aromatic carbocycles. The van der Waals surface area contributed by atoms with Crippen LogP contribution in [-0.4, -0.2) is 11.7 Å². The minimum absolute atomic E-state index is 0.00505. The van der Waals surface area contributed by atoms with Crippen LogP contribution in [-0.2, 0) is 6.42 Å². The van der Waals surface area contributed by atoms with Crippen LogP contribution in [0, 0.1) is 11.6 Å². The summed E-state index contributed by atoms with van der Waals surface area (Å²) in [6, 6.07) is 2.04. The lowest BCUT2D eigenvalue weighted by atomic mass is 10.1. The third-order valence-electron chi connectivity index (χ3n) is 1.80. The lowest BCUT2D eigenvalue weighted by Gasteiger charge is -2.05. The van der Waals surface area contributed by atoms with Crippen LogP contribution in [0.15, 0.2) is 12.1 Å². The molecule has 0 bridgehead atoms. The van der Waals surface area contributed by atoms with Gasteiger partial charge in [0.2, 0.25) is 0 Å². The van der Waals surface area contributed by atoms with Crippen molar-refractivity contribution in [2.45, 2.75) is 12.8 Å². The highest BCUT2D eigenvalue weighted by atomic mass is 19.2. The minimum Gasteiger partial charge on any atom is -0.508 e. The molecule has 1 aromatic rings. The topological polar surface area (TPSA) is 46.2 Å². The SMILES string of the molecule is NCCCc1c(O)ccc(F)c1F. The summed E-state index contributed by atoms with van der Waals surface area (Å²) in [5, 5.41) is 9.19. The summed E-state index contributed by atoms with van der Waals surface area (Å²) in [5.74, 6) is -2.13. The van der Waals surface area contributed by atoms with E-state index in [1.165, 1.54) is 0 Å². The van der Waals surface area contributed by atoms with Gasteiger partial charge in [0.15, 0.2) is 11.6 Å². The van der Waals surface area contributed by atoms with Crippen molar-refractivity contribution in [3.63, 3.8) is 0 Å². The van der Waals surface area contributed by atoms with E-state index in [-0.39, 0.29) is 17.7 Å². The fourth-order valence-corrected chi connectivity index (χ4v) is 1.10. The Labute approximate surface area is 75.0 Å². The molecule has 0 radical (unpaired) electrons. The average molecular weight is 187 g/mol. The van der Waals surface area contributed by atoms with Crippen LogP contribution in [0.1, 0.15) is 12.0 Å². The van der Waals surface area contributed by atoms with E-state index in [1.807, 2.05) is 0 Å². The standard InChI is InChI=1S/C9H11F2NO/c10-7-3-4-8(13)6(9(7)11)2-1-5-12/h3-4,13H,1-2,5,12H2. The molecule has 13 heavy (non-hydrogen) atoms. The first kappa shape index (κ1) is 9.92. The van der Waals surface area contributed by atoms with Crippen molar-refractivity contribution in [3.05, 3.63) is 29.3 Å². The van der Waals surface area contributed by atoms with Gasteiger partial charge >= 0.3 is 0 Å². The smallest absolute Gasteiger partial charge is 0.165 e. The van der Waals surface area contributed by atoms with Crippen molar-refractivity contribution >= 4 is 0 Å². The fraction of sp³-hybridized carbons (Fsp3) is 0.333. The highest BCUT2D eigenvalue weighted by Gasteiger charge is 2.11. The predicted molar refractivity (Wildman–Crippen MR) is 45.4 cm³/mol. The Balaban J connectivity index is 2.96. The molecular weight excluding hydrogens is 176 g/mol. The average Bonchev–Trinajstić information content (AvgIpc) is 2.12. The maximum atomic E-state index is 13.0. The molecule has 4 heteroatoms. The first-order chi connectivity index (χ1) is 6.16. The van der Waals surface area contributed by atoms with Crippen LogP contribution >= 0.6 is 0 Å². The molecule has 2 nitrogen and oxygen atoms in total. The molecule has 0 saturated carbocycles. The first-order valence-corrected chi connectivity index (χ1v) is 4.02. The van der Waals surface area contributed by atoms with E-state index in [9.17, 15) is 13.9 Å². The Bertz CT molecular complexity index is 302. The molecule has 0 heterocycles. The third-order valence-corrected chi connectivity index (χ3v) is 1.80. The van der Waals surface area contributed by atoms with Gasteiger partial charge in [-0.1, -0.05) is 0 Å². The number of phenolic OH excluding ortho intramolecular Hbond substituents is 1. The molecule has 0 saturated heterocycles. The molecule has 0 spiro atoms. The molecule has 0 unspecified atom stereocenters. The molecule has 72 valence electrons. The van der Waals surface area contributed by atoms with Crippen molar-refractivity contribution in [1.29, 1.82) is 0 Å². The van der Waals surface area contributed by atoms with Crippen LogP contribution in [0.25, 0.3) is 0 Å². The van der Waals surface area contributed by atoms with Crippen LogP contribution in [0.5, 0.6) is 5.75 Å². The van der Waals surface area contributed by atoms with Gasteiger partial charge in [0.25, 0.3) is 0 Å². The molecule has 0 aliphatic carbocycles. The van der Waals surface area contributed by atoms with Gasteiger partial charge in [0.05, 0.1) is 0 Å². The fourth-order valence-electron chi connectivity index (χ4n) is 1.10. The Kier molecular flexibility index (Phi) is 3.19. The van der Waals surface area contributed by atoms with Gasteiger partial charge in [-0.25, -0.2) is 8.78 Å². The zero-order valence-corrected chi connectivity index (χ0v) is 7.06. The summed E-state index contributed by atoms with van der Waals surface area (Å²) in [4.78, 5) is 0. The monoisotopic (exact) mass is 187 g/mol. The maximum absolute atomic E-state index is 13.0. The van der Waals surface area contributed by atoms with E-state index in [1.54, 1.807) is 0 Å². The lowest BCUT2D eigenvalue weighted by molar-refractivity contribution is 0.440. The molecule has 0 atom stereocenters. The van der Waals surface area contributed by atoms with Crippen LogP contribution in [0.4, 0.5) is 8.78 Å². The number of benzene rings is 1. The number of aromatic hydroxyl groups is 1. The highest BCUT2D eigenvalue weighted by molar-refractivity contribution is 5.34. The number of hydrogen-bond donors (Lipinski definition) is 2. The maximum Gasteiger partial charge on any atom is 0.165 e. The van der Waals surface area contributed by atoms with Gasteiger partial charge < -0.3 is 10.8 Å². The van der Waals surface area contributed by atoms with E-state index >= 15 is 0 Å².